The Morgan fingerprint density at radius 2 is 1.86 bits per heavy atom. The Bertz CT molecular complexity index is 743. The van der Waals surface area contributed by atoms with Gasteiger partial charge in [-0.05, 0) is 24.3 Å². The number of nitrogens with zero attached hydrogens (tertiary/aromatic N) is 2. The van der Waals surface area contributed by atoms with Crippen LogP contribution in [0.2, 0.25) is 0 Å². The Labute approximate surface area is 132 Å². The highest BCUT2D eigenvalue weighted by Gasteiger charge is 2.07. The zero-order valence-electron chi connectivity index (χ0n) is 11.7. The Kier molecular flexibility index (Phi) is 4.41. The van der Waals surface area contributed by atoms with Crippen LogP contribution in [-0.2, 0) is 4.79 Å². The average Bonchev–Trinajstić information content (AvgIpc) is 3.03. The van der Waals surface area contributed by atoms with E-state index in [0.717, 1.165) is 16.9 Å². The van der Waals surface area contributed by atoms with Crippen molar-refractivity contribution in [1.82, 2.24) is 9.97 Å². The smallest absolute Gasteiger partial charge is 0.245 e. The lowest BCUT2D eigenvalue weighted by atomic mass is 10.2. The van der Waals surface area contributed by atoms with Gasteiger partial charge in [-0.2, -0.15) is 0 Å². The standard InChI is InChI=1S/C16H14N4OS/c21-15(10-18-13-4-2-1-3-5-13)20-16-19-14(11-22-16)12-6-8-17-9-7-12/h1-9,11,18H,10H2,(H,19,20,21). The monoisotopic (exact) mass is 310 g/mol. The lowest BCUT2D eigenvalue weighted by Crippen LogP contribution is -2.21. The van der Waals surface area contributed by atoms with Crippen LogP contribution in [0.25, 0.3) is 11.3 Å². The number of aromatic nitrogens is 2. The van der Waals surface area contributed by atoms with Crippen molar-refractivity contribution in [3.8, 4) is 11.3 Å². The van der Waals surface area contributed by atoms with Crippen molar-refractivity contribution >= 4 is 28.1 Å². The molecule has 0 atom stereocenters. The summed E-state index contributed by atoms with van der Waals surface area (Å²) in [5.41, 5.74) is 2.72. The van der Waals surface area contributed by atoms with Gasteiger partial charge in [0.15, 0.2) is 5.13 Å². The minimum absolute atomic E-state index is 0.125. The third kappa shape index (κ3) is 3.67. The lowest BCUT2D eigenvalue weighted by molar-refractivity contribution is -0.114. The van der Waals surface area contributed by atoms with Gasteiger partial charge in [0.2, 0.25) is 5.91 Å². The number of para-hydroxylation sites is 1. The van der Waals surface area contributed by atoms with Crippen molar-refractivity contribution in [2.75, 3.05) is 17.2 Å². The van der Waals surface area contributed by atoms with Gasteiger partial charge in [-0.15, -0.1) is 11.3 Å². The molecule has 110 valence electrons. The Morgan fingerprint density at radius 3 is 2.64 bits per heavy atom. The van der Waals surface area contributed by atoms with E-state index < -0.39 is 0 Å². The predicted octanol–water partition coefficient (Wildman–Crippen LogP) is 3.26. The molecule has 0 saturated carbocycles. The quantitative estimate of drug-likeness (QED) is 0.759. The molecule has 5 nitrogen and oxygen atoms in total. The fourth-order valence-electron chi connectivity index (χ4n) is 1.89. The van der Waals surface area contributed by atoms with Gasteiger partial charge in [-0.1, -0.05) is 18.2 Å². The van der Waals surface area contributed by atoms with Crippen molar-refractivity contribution in [1.29, 1.82) is 0 Å². The molecular formula is C16H14N4OS. The van der Waals surface area contributed by atoms with Crippen molar-refractivity contribution in [2.45, 2.75) is 0 Å². The summed E-state index contributed by atoms with van der Waals surface area (Å²) >= 11 is 1.40. The zero-order chi connectivity index (χ0) is 15.2. The molecule has 0 bridgehead atoms. The van der Waals surface area contributed by atoms with Crippen LogP contribution in [0.4, 0.5) is 10.8 Å². The summed E-state index contributed by atoms with van der Waals surface area (Å²) in [5, 5.41) is 8.35. The molecule has 0 fully saturated rings. The molecule has 0 aliphatic heterocycles. The summed E-state index contributed by atoms with van der Waals surface area (Å²) in [6, 6.07) is 13.4. The van der Waals surface area contributed by atoms with Crippen LogP contribution < -0.4 is 10.6 Å². The minimum atomic E-state index is -0.125. The molecule has 0 unspecified atom stereocenters. The van der Waals surface area contributed by atoms with Crippen LogP contribution in [0.3, 0.4) is 0 Å². The highest BCUT2D eigenvalue weighted by molar-refractivity contribution is 7.14. The summed E-state index contributed by atoms with van der Waals surface area (Å²) in [6.45, 7) is 0.203. The Morgan fingerprint density at radius 1 is 1.09 bits per heavy atom. The highest BCUT2D eigenvalue weighted by Crippen LogP contribution is 2.24. The van der Waals surface area contributed by atoms with E-state index in [1.54, 1.807) is 12.4 Å². The molecule has 2 aromatic heterocycles. The number of carbonyl (C=O) groups is 1. The lowest BCUT2D eigenvalue weighted by Gasteiger charge is -2.05. The maximum atomic E-state index is 11.9. The summed E-state index contributed by atoms with van der Waals surface area (Å²) < 4.78 is 0. The third-order valence-corrected chi connectivity index (χ3v) is 3.71. The molecule has 1 amide bonds. The molecule has 0 spiro atoms. The Balaban J connectivity index is 1.57. The van der Waals surface area contributed by atoms with Gasteiger partial charge in [0, 0.05) is 29.0 Å². The number of benzene rings is 1. The first-order chi connectivity index (χ1) is 10.8. The maximum Gasteiger partial charge on any atom is 0.245 e. The first-order valence-corrected chi connectivity index (χ1v) is 7.64. The first-order valence-electron chi connectivity index (χ1n) is 6.76. The van der Waals surface area contributed by atoms with Crippen LogP contribution >= 0.6 is 11.3 Å². The number of anilines is 2. The topological polar surface area (TPSA) is 66.9 Å². The number of amides is 1. The summed E-state index contributed by atoms with van der Waals surface area (Å²) in [7, 11) is 0. The van der Waals surface area contributed by atoms with Crippen LogP contribution in [0.5, 0.6) is 0 Å². The fraction of sp³-hybridized carbons (Fsp3) is 0.0625. The highest BCUT2D eigenvalue weighted by atomic mass is 32.1. The fourth-order valence-corrected chi connectivity index (χ4v) is 2.62. The van der Waals surface area contributed by atoms with Crippen LogP contribution in [0.1, 0.15) is 0 Å². The number of hydrogen-bond donors (Lipinski definition) is 2. The van der Waals surface area contributed by atoms with Gasteiger partial charge < -0.3 is 10.6 Å². The van der Waals surface area contributed by atoms with Crippen molar-refractivity contribution in [3.63, 3.8) is 0 Å². The van der Waals surface area contributed by atoms with Crippen LogP contribution in [0, 0.1) is 0 Å². The number of pyridine rings is 1. The van der Waals surface area contributed by atoms with Gasteiger partial charge in [0.1, 0.15) is 0 Å². The second-order valence-corrected chi connectivity index (χ2v) is 5.40. The van der Waals surface area contributed by atoms with Crippen LogP contribution in [0.15, 0.2) is 60.2 Å². The van der Waals surface area contributed by atoms with E-state index in [2.05, 4.69) is 20.6 Å². The molecule has 2 heterocycles. The number of thiazole rings is 1. The Hall–Kier alpha value is -2.73. The first kappa shape index (κ1) is 14.2. The normalized spacial score (nSPS) is 10.2. The average molecular weight is 310 g/mol. The predicted molar refractivity (Wildman–Crippen MR) is 88.9 cm³/mol. The van der Waals surface area contributed by atoms with E-state index in [9.17, 15) is 4.79 Å². The van der Waals surface area contributed by atoms with Crippen molar-refractivity contribution < 1.29 is 4.79 Å². The maximum absolute atomic E-state index is 11.9. The van der Waals surface area contributed by atoms with Gasteiger partial charge in [0.25, 0.3) is 0 Å². The number of hydrogen-bond acceptors (Lipinski definition) is 5. The van der Waals surface area contributed by atoms with Gasteiger partial charge in [0.05, 0.1) is 12.2 Å². The molecule has 22 heavy (non-hydrogen) atoms. The van der Waals surface area contributed by atoms with Crippen molar-refractivity contribution in [3.05, 3.63) is 60.2 Å². The van der Waals surface area contributed by atoms with E-state index >= 15 is 0 Å². The van der Waals surface area contributed by atoms with E-state index in [1.165, 1.54) is 11.3 Å². The van der Waals surface area contributed by atoms with E-state index in [-0.39, 0.29) is 12.5 Å². The van der Waals surface area contributed by atoms with E-state index in [1.807, 2.05) is 47.8 Å². The molecule has 0 saturated heterocycles. The molecule has 0 radical (unpaired) electrons. The second kappa shape index (κ2) is 6.82. The zero-order valence-corrected chi connectivity index (χ0v) is 12.5. The molecule has 1 aromatic carbocycles. The molecule has 3 rings (SSSR count). The molecule has 0 aliphatic rings. The summed E-state index contributed by atoms with van der Waals surface area (Å²) in [4.78, 5) is 20.3. The summed E-state index contributed by atoms with van der Waals surface area (Å²) in [6.07, 6.45) is 3.44. The largest absolute Gasteiger partial charge is 0.376 e. The second-order valence-electron chi connectivity index (χ2n) is 4.54. The van der Waals surface area contributed by atoms with Crippen LogP contribution in [-0.4, -0.2) is 22.4 Å². The third-order valence-electron chi connectivity index (χ3n) is 2.95. The van der Waals surface area contributed by atoms with E-state index in [4.69, 9.17) is 0 Å². The van der Waals surface area contributed by atoms with Crippen molar-refractivity contribution in [2.24, 2.45) is 0 Å². The molecule has 3 aromatic rings. The van der Waals surface area contributed by atoms with Gasteiger partial charge in [-0.25, -0.2) is 4.98 Å². The molecule has 6 heteroatoms. The molecular weight excluding hydrogens is 296 g/mol. The number of rotatable bonds is 5. The van der Waals surface area contributed by atoms with E-state index in [0.29, 0.717) is 5.13 Å². The number of carbonyl (C=O) groups excluding carboxylic acids is 1. The number of nitrogens with one attached hydrogen (secondary N) is 2. The summed E-state index contributed by atoms with van der Waals surface area (Å²) in [5.74, 6) is -0.125. The SMILES string of the molecule is O=C(CNc1ccccc1)Nc1nc(-c2ccncc2)cs1. The molecule has 0 aliphatic carbocycles. The minimum Gasteiger partial charge on any atom is -0.376 e. The van der Waals surface area contributed by atoms with Gasteiger partial charge in [-0.3, -0.25) is 9.78 Å². The van der Waals surface area contributed by atoms with Gasteiger partial charge >= 0.3 is 0 Å². The molecule has 2 N–H and O–H groups in total.